The maximum Gasteiger partial charge on any atom is 2.00 e. The quantitative estimate of drug-likeness (QED) is 0.149. The zero-order valence-electron chi connectivity index (χ0n) is 30.9. The number of hydrogen-bond donors (Lipinski definition) is 0. The molecule has 0 radical (unpaired) electrons. The molecule has 8 rings (SSSR count). The van der Waals surface area contributed by atoms with Crippen LogP contribution in [0.2, 0.25) is 0 Å². The van der Waals surface area contributed by atoms with Gasteiger partial charge in [0.25, 0.3) is 0 Å². The second-order valence-corrected chi connectivity index (χ2v) is 15.1. The summed E-state index contributed by atoms with van der Waals surface area (Å²) in [4.78, 5) is 4.87. The first kappa shape index (κ1) is 38.3. The molecule has 3 heterocycles. The van der Waals surface area contributed by atoms with Gasteiger partial charge in [0, 0.05) is 48.9 Å². The van der Waals surface area contributed by atoms with Crippen LogP contribution in [0.25, 0.3) is 44.2 Å². The summed E-state index contributed by atoms with van der Waals surface area (Å²) < 4.78 is 10.8. The second kappa shape index (κ2) is 14.8. The first-order valence-electron chi connectivity index (χ1n) is 17.5. The minimum absolute atomic E-state index is 0. The summed E-state index contributed by atoms with van der Waals surface area (Å²) in [7, 11) is 0. The number of pyridine rings is 1. The van der Waals surface area contributed by atoms with Crippen molar-refractivity contribution < 1.29 is 46.9 Å². The van der Waals surface area contributed by atoms with E-state index in [1.807, 2.05) is 35.3 Å². The van der Waals surface area contributed by atoms with Crippen LogP contribution >= 0.6 is 0 Å². The summed E-state index contributed by atoms with van der Waals surface area (Å²) in [6.45, 7) is 15.4. The minimum atomic E-state index is -0.186. The van der Waals surface area contributed by atoms with E-state index in [-0.39, 0.29) is 53.0 Å². The van der Waals surface area contributed by atoms with Gasteiger partial charge in [-0.25, -0.2) is 0 Å². The summed E-state index contributed by atoms with van der Waals surface area (Å²) in [6.07, 6.45) is 3.78. The number of aromatic nitrogens is 4. The van der Waals surface area contributed by atoms with Gasteiger partial charge in [0.2, 0.25) is 0 Å². The van der Waals surface area contributed by atoms with Gasteiger partial charge in [-0.05, 0) is 45.9 Å². The van der Waals surface area contributed by atoms with E-state index in [4.69, 9.17) is 14.8 Å². The Labute approximate surface area is 340 Å². The molecule has 7 heteroatoms. The number of benzene rings is 5. The van der Waals surface area contributed by atoms with Crippen molar-refractivity contribution in [2.75, 3.05) is 0 Å². The minimum Gasteiger partial charge on any atom is -0.509 e. The monoisotopic (exact) mass is 1060 g/mol. The first-order chi connectivity index (χ1) is 24.5. The smallest absolute Gasteiger partial charge is 0.509 e. The van der Waals surface area contributed by atoms with Crippen molar-refractivity contribution in [3.63, 3.8) is 0 Å². The van der Waals surface area contributed by atoms with Gasteiger partial charge >= 0.3 is 21.1 Å². The van der Waals surface area contributed by atoms with Gasteiger partial charge in [0.05, 0.1) is 17.5 Å². The van der Waals surface area contributed by atoms with Crippen molar-refractivity contribution in [1.82, 2.24) is 19.3 Å². The second-order valence-electron chi connectivity index (χ2n) is 15.1. The molecule has 5 aromatic carbocycles. The third-order valence-corrected chi connectivity index (χ3v) is 10.0. The van der Waals surface area contributed by atoms with Crippen molar-refractivity contribution in [2.24, 2.45) is 0 Å². The third kappa shape index (κ3) is 7.15. The molecule has 5 nitrogen and oxygen atoms in total. The van der Waals surface area contributed by atoms with Crippen LogP contribution in [-0.2, 0) is 53.0 Å². The fourth-order valence-electron chi connectivity index (χ4n) is 6.90. The summed E-state index contributed by atoms with van der Waals surface area (Å²) >= 11 is 0. The topological polar surface area (TPSA) is 44.9 Å². The Balaban J connectivity index is 0.00000240. The Morgan fingerprint density at radius 3 is 2.19 bits per heavy atom. The van der Waals surface area contributed by atoms with E-state index < -0.39 is 0 Å². The maximum atomic E-state index is 6.67. The Kier molecular flexibility index (Phi) is 10.7. The summed E-state index contributed by atoms with van der Waals surface area (Å²) in [5.41, 5.74) is 8.30. The molecular formula is C46H41N4OPt2-. The van der Waals surface area contributed by atoms with Crippen molar-refractivity contribution in [3.8, 4) is 23.0 Å². The van der Waals surface area contributed by atoms with Gasteiger partial charge in [-0.3, -0.25) is 9.67 Å². The van der Waals surface area contributed by atoms with Gasteiger partial charge < -0.3 is 9.30 Å². The largest absolute Gasteiger partial charge is 2.00 e. The Morgan fingerprint density at radius 2 is 1.43 bits per heavy atom. The molecular weight excluding hydrogens is 1010 g/mol. The van der Waals surface area contributed by atoms with Gasteiger partial charge in [-0.2, -0.15) is 22.6 Å². The standard InChI is InChI=1S/C46H41N4O.2Pt/c1-30(2)31-21-22-47-44(23-31)49-42-20-17-34(46(6,7)33-14-9-8-10-15-33)26-40(42)39-19-18-37(28-43(39)49)51-38-25-35(45(3,4)5)24-36(27-38)50-41-16-12-11-13-32(41)29-48-50;;/h8-26,29H,1-7H3;;/q-3;;+2. The van der Waals surface area contributed by atoms with Crippen LogP contribution in [0.4, 0.5) is 0 Å². The predicted octanol–water partition coefficient (Wildman–Crippen LogP) is 11.5. The van der Waals surface area contributed by atoms with Crippen molar-refractivity contribution in [3.05, 3.63) is 162 Å². The number of fused-ring (bicyclic) bond motifs is 4. The number of nitrogens with zero attached hydrogens (tertiary/aromatic N) is 4. The average molecular weight is 1060 g/mol. The summed E-state index contributed by atoms with van der Waals surface area (Å²) in [6, 6.07) is 45.5. The third-order valence-electron chi connectivity index (χ3n) is 10.0. The SMILES string of the molecule is C[C-](C)c1ccnc(-n2c3[c-]c(Oc4[c-]c(-n5ncc6ccccc65)cc(C(C)(C)C)c4)ccc3c3cc(C(C)(C)c4ccccc4)ccc32)c1.[Pt+2].[Pt]. The molecule has 0 unspecified atom stereocenters. The number of rotatable bonds is 7. The molecule has 0 aliphatic rings. The fourth-order valence-corrected chi connectivity index (χ4v) is 6.90. The van der Waals surface area contributed by atoms with Crippen LogP contribution in [0.1, 0.15) is 70.7 Å². The maximum absolute atomic E-state index is 6.67. The van der Waals surface area contributed by atoms with Crippen molar-refractivity contribution in [2.45, 2.75) is 59.3 Å². The first-order valence-corrected chi connectivity index (χ1v) is 17.5. The number of para-hydroxylation sites is 1. The van der Waals surface area contributed by atoms with E-state index in [1.165, 1.54) is 17.0 Å². The molecule has 0 aliphatic heterocycles. The zero-order chi connectivity index (χ0) is 35.5. The van der Waals surface area contributed by atoms with Crippen LogP contribution in [0.15, 0.2) is 122 Å². The van der Waals surface area contributed by atoms with E-state index in [1.54, 1.807) is 0 Å². The molecule has 0 spiro atoms. The molecule has 0 N–H and O–H groups in total. The van der Waals surface area contributed by atoms with Crippen LogP contribution in [0, 0.1) is 18.1 Å². The van der Waals surface area contributed by atoms with Gasteiger partial charge in [-0.1, -0.05) is 115 Å². The molecule has 8 aromatic rings. The molecule has 0 amide bonds. The normalized spacial score (nSPS) is 11.8. The summed E-state index contributed by atoms with van der Waals surface area (Å²) in [5, 5.41) is 8.03. The van der Waals surface area contributed by atoms with E-state index in [0.717, 1.165) is 55.3 Å². The predicted molar refractivity (Wildman–Crippen MR) is 208 cm³/mol. The van der Waals surface area contributed by atoms with Gasteiger partial charge in [0.15, 0.2) is 0 Å². The Hall–Kier alpha value is -4.43. The van der Waals surface area contributed by atoms with E-state index >= 15 is 0 Å². The van der Waals surface area contributed by atoms with E-state index in [2.05, 4.69) is 156 Å². The molecule has 0 saturated heterocycles. The fraction of sp³-hybridized carbons (Fsp3) is 0.196. The molecule has 272 valence electrons. The molecule has 0 bridgehead atoms. The van der Waals surface area contributed by atoms with Crippen LogP contribution in [-0.4, -0.2) is 19.3 Å². The molecule has 3 aromatic heterocycles. The molecule has 53 heavy (non-hydrogen) atoms. The molecule has 0 fully saturated rings. The van der Waals surface area contributed by atoms with Crippen LogP contribution in [0.5, 0.6) is 11.5 Å². The molecule has 0 saturated carbocycles. The van der Waals surface area contributed by atoms with Crippen LogP contribution < -0.4 is 4.74 Å². The number of ether oxygens (including phenoxy) is 1. The zero-order valence-corrected chi connectivity index (χ0v) is 35.4. The van der Waals surface area contributed by atoms with Gasteiger partial charge in [-0.15, -0.1) is 53.4 Å². The van der Waals surface area contributed by atoms with Crippen molar-refractivity contribution in [1.29, 1.82) is 0 Å². The van der Waals surface area contributed by atoms with Crippen LogP contribution in [0.3, 0.4) is 0 Å². The van der Waals surface area contributed by atoms with Crippen molar-refractivity contribution >= 4 is 32.7 Å². The summed E-state index contributed by atoms with van der Waals surface area (Å²) in [5.74, 6) is 3.28. The Morgan fingerprint density at radius 1 is 0.679 bits per heavy atom. The van der Waals surface area contributed by atoms with E-state index in [0.29, 0.717) is 11.5 Å². The van der Waals surface area contributed by atoms with Gasteiger partial charge in [0.1, 0.15) is 0 Å². The van der Waals surface area contributed by atoms with E-state index in [9.17, 15) is 0 Å². The Bertz CT molecular complexity index is 2560. The average Bonchev–Trinajstić information content (AvgIpc) is 3.70. The number of hydrogen-bond acceptors (Lipinski definition) is 3. The molecule has 0 atom stereocenters. The molecule has 0 aliphatic carbocycles.